The molecule has 0 bridgehead atoms. The Hall–Kier alpha value is -3.29. The van der Waals surface area contributed by atoms with Gasteiger partial charge in [0.1, 0.15) is 23.3 Å². The van der Waals surface area contributed by atoms with Crippen molar-refractivity contribution in [3.05, 3.63) is 54.3 Å². The lowest BCUT2D eigenvalue weighted by molar-refractivity contribution is 0.422. The number of nitrogens with zero attached hydrogens (tertiary/aromatic N) is 5. The van der Waals surface area contributed by atoms with Crippen molar-refractivity contribution in [2.75, 3.05) is 5.73 Å². The number of imidazole rings is 1. The average Bonchev–Trinajstić information content (AvgIpc) is 3.13. The number of nitrogens with two attached hydrogens (primary N) is 1. The van der Waals surface area contributed by atoms with Gasteiger partial charge in [0.15, 0.2) is 11.5 Å². The molecule has 0 atom stereocenters. The SMILES string of the molecule is Nc1conc1-c1nc2cccc(F)c2n1Cc1cccnn1. The van der Waals surface area contributed by atoms with E-state index in [1.54, 1.807) is 35.0 Å². The van der Waals surface area contributed by atoms with Crippen molar-refractivity contribution in [2.24, 2.45) is 0 Å². The van der Waals surface area contributed by atoms with Crippen LogP contribution in [0.2, 0.25) is 0 Å². The van der Waals surface area contributed by atoms with Gasteiger partial charge in [0.2, 0.25) is 0 Å². The highest BCUT2D eigenvalue weighted by Gasteiger charge is 2.20. The third-order valence-electron chi connectivity index (χ3n) is 3.47. The van der Waals surface area contributed by atoms with Crippen LogP contribution >= 0.6 is 0 Å². The molecule has 8 heteroatoms. The molecule has 3 heterocycles. The van der Waals surface area contributed by atoms with Gasteiger partial charge in [-0.25, -0.2) is 9.37 Å². The maximum Gasteiger partial charge on any atom is 0.172 e. The van der Waals surface area contributed by atoms with E-state index in [1.165, 1.54) is 12.3 Å². The molecule has 0 amide bonds. The van der Waals surface area contributed by atoms with Crippen molar-refractivity contribution in [1.82, 2.24) is 24.9 Å². The zero-order valence-electron chi connectivity index (χ0n) is 11.8. The number of nitrogen functional groups attached to an aromatic ring is 1. The zero-order chi connectivity index (χ0) is 15.8. The molecule has 0 spiro atoms. The number of hydrogen-bond acceptors (Lipinski definition) is 6. The van der Waals surface area contributed by atoms with Crippen molar-refractivity contribution < 1.29 is 8.91 Å². The summed E-state index contributed by atoms with van der Waals surface area (Å²) in [6.45, 7) is 0.285. The molecule has 4 rings (SSSR count). The van der Waals surface area contributed by atoms with E-state index in [9.17, 15) is 4.39 Å². The van der Waals surface area contributed by atoms with Crippen LogP contribution in [0.1, 0.15) is 5.69 Å². The van der Waals surface area contributed by atoms with Gasteiger partial charge in [-0.3, -0.25) is 0 Å². The Morgan fingerprint density at radius 3 is 2.87 bits per heavy atom. The number of anilines is 1. The molecule has 7 nitrogen and oxygen atoms in total. The number of rotatable bonds is 3. The molecular weight excluding hydrogens is 299 g/mol. The second kappa shape index (κ2) is 5.16. The van der Waals surface area contributed by atoms with Crippen LogP contribution in [0.15, 0.2) is 47.3 Å². The van der Waals surface area contributed by atoms with Crippen molar-refractivity contribution >= 4 is 16.7 Å². The minimum atomic E-state index is -0.382. The van der Waals surface area contributed by atoms with Crippen molar-refractivity contribution in [3.8, 4) is 11.5 Å². The molecule has 3 aromatic heterocycles. The van der Waals surface area contributed by atoms with Crippen molar-refractivity contribution in [3.63, 3.8) is 0 Å². The van der Waals surface area contributed by atoms with Crippen LogP contribution in [0.3, 0.4) is 0 Å². The summed E-state index contributed by atoms with van der Waals surface area (Å²) in [5.74, 6) is 0.0363. The standard InChI is InChI=1S/C15H11FN6O/c16-10-4-1-5-12-14(10)22(7-9-3-2-6-18-20-9)15(19-12)13-11(17)8-23-21-13/h1-6,8H,7,17H2. The van der Waals surface area contributed by atoms with Crippen LogP contribution in [0.5, 0.6) is 0 Å². The third kappa shape index (κ3) is 2.20. The minimum Gasteiger partial charge on any atom is -0.394 e. The molecule has 0 fully saturated rings. The first-order valence-electron chi connectivity index (χ1n) is 6.85. The second-order valence-corrected chi connectivity index (χ2v) is 4.96. The summed E-state index contributed by atoms with van der Waals surface area (Å²) < 4.78 is 20.9. The first-order chi connectivity index (χ1) is 11.2. The highest BCUT2D eigenvalue weighted by Crippen LogP contribution is 2.29. The number of hydrogen-bond donors (Lipinski definition) is 1. The maximum atomic E-state index is 14.3. The Kier molecular flexibility index (Phi) is 3.00. The molecule has 0 saturated carbocycles. The topological polar surface area (TPSA) is 95.7 Å². The summed E-state index contributed by atoms with van der Waals surface area (Å²) in [6, 6.07) is 8.28. The average molecular weight is 310 g/mol. The van der Waals surface area contributed by atoms with Gasteiger partial charge in [-0.2, -0.15) is 10.2 Å². The largest absolute Gasteiger partial charge is 0.394 e. The fourth-order valence-electron chi connectivity index (χ4n) is 2.47. The van der Waals surface area contributed by atoms with E-state index in [4.69, 9.17) is 10.3 Å². The first kappa shape index (κ1) is 13.4. The summed E-state index contributed by atoms with van der Waals surface area (Å²) in [6.07, 6.45) is 2.89. The number of aromatic nitrogens is 5. The van der Waals surface area contributed by atoms with E-state index in [2.05, 4.69) is 20.3 Å². The summed E-state index contributed by atoms with van der Waals surface area (Å²) in [7, 11) is 0. The Labute approximate surface area is 129 Å². The van der Waals surface area contributed by atoms with Crippen LogP contribution in [0.25, 0.3) is 22.6 Å². The molecule has 23 heavy (non-hydrogen) atoms. The van der Waals surface area contributed by atoms with Crippen LogP contribution in [-0.4, -0.2) is 24.9 Å². The molecule has 0 radical (unpaired) electrons. The van der Waals surface area contributed by atoms with E-state index < -0.39 is 0 Å². The number of para-hydroxylation sites is 1. The van der Waals surface area contributed by atoms with Crippen molar-refractivity contribution in [1.29, 1.82) is 0 Å². The highest BCUT2D eigenvalue weighted by atomic mass is 19.1. The van der Waals surface area contributed by atoms with Gasteiger partial charge in [-0.15, -0.1) is 0 Å². The van der Waals surface area contributed by atoms with Gasteiger partial charge in [-0.1, -0.05) is 11.2 Å². The Balaban J connectivity index is 1.97. The molecule has 1 aromatic carbocycles. The number of benzene rings is 1. The molecule has 114 valence electrons. The van der Waals surface area contributed by atoms with E-state index >= 15 is 0 Å². The highest BCUT2D eigenvalue weighted by molar-refractivity contribution is 5.82. The molecule has 4 aromatic rings. The normalized spacial score (nSPS) is 11.2. The van der Waals surface area contributed by atoms with Crippen molar-refractivity contribution in [2.45, 2.75) is 6.54 Å². The fraction of sp³-hybridized carbons (Fsp3) is 0.0667. The quantitative estimate of drug-likeness (QED) is 0.623. The maximum absolute atomic E-state index is 14.3. The summed E-state index contributed by atoms with van der Waals surface area (Å²) in [5, 5.41) is 11.8. The zero-order valence-corrected chi connectivity index (χ0v) is 11.8. The molecule has 0 aliphatic rings. The third-order valence-corrected chi connectivity index (χ3v) is 3.47. The molecule has 0 aliphatic carbocycles. The van der Waals surface area contributed by atoms with E-state index in [0.717, 1.165) is 0 Å². The fourth-order valence-corrected chi connectivity index (χ4v) is 2.47. The van der Waals surface area contributed by atoms with Gasteiger partial charge in [0, 0.05) is 6.20 Å². The van der Waals surface area contributed by atoms with Crippen LogP contribution in [0.4, 0.5) is 10.1 Å². The molecule has 0 unspecified atom stereocenters. The molecule has 0 saturated heterocycles. The van der Waals surface area contributed by atoms with Gasteiger partial charge < -0.3 is 14.8 Å². The minimum absolute atomic E-state index is 0.285. The summed E-state index contributed by atoms with van der Waals surface area (Å²) >= 11 is 0. The first-order valence-corrected chi connectivity index (χ1v) is 6.85. The number of halogens is 1. The number of fused-ring (bicyclic) bond motifs is 1. The lowest BCUT2D eigenvalue weighted by Crippen LogP contribution is -2.06. The molecule has 0 aliphatic heterocycles. The van der Waals surface area contributed by atoms with Gasteiger partial charge in [-0.05, 0) is 24.3 Å². The second-order valence-electron chi connectivity index (χ2n) is 4.96. The Bertz CT molecular complexity index is 978. The van der Waals surface area contributed by atoms with Gasteiger partial charge >= 0.3 is 0 Å². The van der Waals surface area contributed by atoms with Crippen LogP contribution in [-0.2, 0) is 6.54 Å². The van der Waals surface area contributed by atoms with Gasteiger partial charge in [0.05, 0.1) is 17.8 Å². The molecular formula is C15H11FN6O. The van der Waals surface area contributed by atoms with Gasteiger partial charge in [0.25, 0.3) is 0 Å². The Morgan fingerprint density at radius 2 is 2.13 bits per heavy atom. The Morgan fingerprint density at radius 1 is 1.22 bits per heavy atom. The molecule has 2 N–H and O–H groups in total. The van der Waals surface area contributed by atoms with E-state index in [1.807, 2.05) is 0 Å². The predicted octanol–water partition coefficient (Wildman–Crippen LogP) is 2.25. The lowest BCUT2D eigenvalue weighted by Gasteiger charge is -2.07. The van der Waals surface area contributed by atoms with Crippen LogP contribution in [0, 0.1) is 5.82 Å². The summed E-state index contributed by atoms with van der Waals surface area (Å²) in [4.78, 5) is 4.45. The van der Waals surface area contributed by atoms with Crippen LogP contribution < -0.4 is 5.73 Å². The predicted molar refractivity (Wildman–Crippen MR) is 80.7 cm³/mol. The van der Waals surface area contributed by atoms with E-state index in [-0.39, 0.29) is 12.4 Å². The lowest BCUT2D eigenvalue weighted by atomic mass is 10.3. The summed E-state index contributed by atoms with van der Waals surface area (Å²) in [5.41, 5.74) is 8.09. The van der Waals surface area contributed by atoms with E-state index in [0.29, 0.717) is 33.9 Å². The monoisotopic (exact) mass is 310 g/mol. The smallest absolute Gasteiger partial charge is 0.172 e.